The van der Waals surface area contributed by atoms with Crippen LogP contribution in [0.4, 0.5) is 0 Å². The van der Waals surface area contributed by atoms with Crippen LogP contribution in [0.5, 0.6) is 5.75 Å². The minimum Gasteiger partial charge on any atom is -0.496 e. The van der Waals surface area contributed by atoms with Crippen molar-refractivity contribution in [3.63, 3.8) is 0 Å². The number of benzene rings is 1. The number of hydrogen-bond donors (Lipinski definition) is 0. The van der Waals surface area contributed by atoms with Crippen molar-refractivity contribution in [1.82, 2.24) is 4.90 Å². The quantitative estimate of drug-likeness (QED) is 0.756. The number of carbonyl (C=O) groups excluding carboxylic acids is 1. The van der Waals surface area contributed by atoms with E-state index in [0.29, 0.717) is 0 Å². The zero-order chi connectivity index (χ0) is 12.8. The highest BCUT2D eigenvalue weighted by molar-refractivity contribution is 9.10. The van der Waals surface area contributed by atoms with Gasteiger partial charge in [0.1, 0.15) is 5.75 Å². The van der Waals surface area contributed by atoms with Gasteiger partial charge >= 0.3 is 0 Å². The van der Waals surface area contributed by atoms with Gasteiger partial charge in [-0.25, -0.2) is 0 Å². The smallest absolute Gasteiger partial charge is 0.209 e. The van der Waals surface area contributed by atoms with Crippen molar-refractivity contribution >= 4 is 22.3 Å². The van der Waals surface area contributed by atoms with Crippen LogP contribution in [-0.2, 0) is 11.2 Å². The van der Waals surface area contributed by atoms with Gasteiger partial charge in [0.2, 0.25) is 6.41 Å². The number of nitrogens with zero attached hydrogens (tertiary/aromatic N) is 1. The highest BCUT2D eigenvalue weighted by Crippen LogP contribution is 2.27. The third-order valence-electron chi connectivity index (χ3n) is 2.88. The second kappa shape index (κ2) is 6.64. The molecule has 0 saturated carbocycles. The van der Waals surface area contributed by atoms with Crippen molar-refractivity contribution in [2.75, 3.05) is 20.2 Å². The van der Waals surface area contributed by atoms with Gasteiger partial charge in [0.25, 0.3) is 0 Å². The summed E-state index contributed by atoms with van der Waals surface area (Å²) in [6.07, 6.45) is 1.73. The highest BCUT2D eigenvalue weighted by Gasteiger charge is 2.08. The maximum Gasteiger partial charge on any atom is 0.209 e. The summed E-state index contributed by atoms with van der Waals surface area (Å²) in [4.78, 5) is 12.5. The Kier molecular flexibility index (Phi) is 5.48. The van der Waals surface area contributed by atoms with Crippen LogP contribution in [0.15, 0.2) is 16.6 Å². The standard InChI is InChI=1S/C13H18BrNO2/c1-4-15(9-16)6-5-11-7-12(14)8-13(17-3)10(11)2/h7-9H,4-6H2,1-3H3. The van der Waals surface area contributed by atoms with E-state index in [0.717, 1.165) is 41.7 Å². The molecule has 0 bridgehead atoms. The van der Waals surface area contributed by atoms with E-state index < -0.39 is 0 Å². The number of methoxy groups -OCH3 is 1. The fraction of sp³-hybridized carbons (Fsp3) is 0.462. The molecule has 4 heteroatoms. The lowest BCUT2D eigenvalue weighted by Gasteiger charge is -2.16. The van der Waals surface area contributed by atoms with Crippen LogP contribution < -0.4 is 4.74 Å². The molecule has 1 aromatic carbocycles. The van der Waals surface area contributed by atoms with Crippen LogP contribution >= 0.6 is 15.9 Å². The third kappa shape index (κ3) is 3.73. The van der Waals surface area contributed by atoms with Gasteiger partial charge in [-0.2, -0.15) is 0 Å². The number of likely N-dealkylation sites (N-methyl/N-ethyl adjacent to an activating group) is 1. The van der Waals surface area contributed by atoms with E-state index in [9.17, 15) is 4.79 Å². The van der Waals surface area contributed by atoms with Gasteiger partial charge in [-0.05, 0) is 43.5 Å². The number of rotatable bonds is 6. The number of hydrogen-bond acceptors (Lipinski definition) is 2. The van der Waals surface area contributed by atoms with E-state index in [4.69, 9.17) is 4.74 Å². The first kappa shape index (κ1) is 14.0. The number of ether oxygens (including phenoxy) is 1. The molecule has 0 aliphatic rings. The molecule has 0 aromatic heterocycles. The molecule has 0 unspecified atom stereocenters. The molecule has 0 saturated heterocycles. The fourth-order valence-corrected chi connectivity index (χ4v) is 2.21. The first-order valence-corrected chi connectivity index (χ1v) is 6.44. The molecule has 1 rings (SSSR count). The molecule has 0 spiro atoms. The van der Waals surface area contributed by atoms with Crippen molar-refractivity contribution in [2.45, 2.75) is 20.3 Å². The van der Waals surface area contributed by atoms with Crippen molar-refractivity contribution in [3.05, 3.63) is 27.7 Å². The van der Waals surface area contributed by atoms with Crippen LogP contribution in [0, 0.1) is 6.92 Å². The van der Waals surface area contributed by atoms with E-state index in [1.807, 2.05) is 19.9 Å². The molecule has 94 valence electrons. The summed E-state index contributed by atoms with van der Waals surface area (Å²) in [5.41, 5.74) is 2.34. The molecule has 3 nitrogen and oxygen atoms in total. The second-order valence-electron chi connectivity index (χ2n) is 3.88. The van der Waals surface area contributed by atoms with Gasteiger partial charge in [0, 0.05) is 17.6 Å². The monoisotopic (exact) mass is 299 g/mol. The molecule has 0 aliphatic carbocycles. The number of carbonyl (C=O) groups is 1. The Morgan fingerprint density at radius 2 is 2.18 bits per heavy atom. The molecular formula is C13H18BrNO2. The van der Waals surface area contributed by atoms with Crippen LogP contribution in [0.2, 0.25) is 0 Å². The van der Waals surface area contributed by atoms with Crippen molar-refractivity contribution in [3.8, 4) is 5.75 Å². The lowest BCUT2D eigenvalue weighted by atomic mass is 10.0. The molecule has 17 heavy (non-hydrogen) atoms. The predicted molar refractivity (Wildman–Crippen MR) is 72.4 cm³/mol. The lowest BCUT2D eigenvalue weighted by molar-refractivity contribution is -0.117. The van der Waals surface area contributed by atoms with Crippen molar-refractivity contribution in [1.29, 1.82) is 0 Å². The third-order valence-corrected chi connectivity index (χ3v) is 3.33. The largest absolute Gasteiger partial charge is 0.496 e. The Balaban J connectivity index is 2.83. The van der Waals surface area contributed by atoms with Crippen molar-refractivity contribution < 1.29 is 9.53 Å². The average molecular weight is 300 g/mol. The van der Waals surface area contributed by atoms with Crippen LogP contribution in [0.3, 0.4) is 0 Å². The summed E-state index contributed by atoms with van der Waals surface area (Å²) in [5, 5.41) is 0. The molecule has 0 heterocycles. The van der Waals surface area contributed by atoms with Gasteiger partial charge in [-0.3, -0.25) is 4.79 Å². The Hall–Kier alpha value is -1.03. The summed E-state index contributed by atoms with van der Waals surface area (Å²) in [6, 6.07) is 4.03. The summed E-state index contributed by atoms with van der Waals surface area (Å²) in [6.45, 7) is 5.49. The van der Waals surface area contributed by atoms with Crippen LogP contribution in [0.25, 0.3) is 0 Å². The van der Waals surface area contributed by atoms with Gasteiger partial charge in [-0.15, -0.1) is 0 Å². The molecule has 0 radical (unpaired) electrons. The first-order valence-electron chi connectivity index (χ1n) is 5.64. The Labute approximate surface area is 111 Å². The predicted octanol–water partition coefficient (Wildman–Crippen LogP) is 2.79. The first-order chi connectivity index (χ1) is 8.12. The van der Waals surface area contributed by atoms with Gasteiger partial charge in [-0.1, -0.05) is 15.9 Å². The lowest BCUT2D eigenvalue weighted by Crippen LogP contribution is -2.24. The van der Waals surface area contributed by atoms with E-state index in [1.54, 1.807) is 12.0 Å². The van der Waals surface area contributed by atoms with E-state index in [2.05, 4.69) is 22.0 Å². The Morgan fingerprint density at radius 1 is 1.47 bits per heavy atom. The van der Waals surface area contributed by atoms with E-state index >= 15 is 0 Å². The minimum absolute atomic E-state index is 0.737. The topological polar surface area (TPSA) is 29.5 Å². The Morgan fingerprint density at radius 3 is 2.71 bits per heavy atom. The molecule has 1 aromatic rings. The molecule has 0 N–H and O–H groups in total. The normalized spacial score (nSPS) is 10.1. The Bertz CT molecular complexity index is 393. The second-order valence-corrected chi connectivity index (χ2v) is 4.79. The molecule has 1 amide bonds. The van der Waals surface area contributed by atoms with Gasteiger partial charge in [0.05, 0.1) is 7.11 Å². The summed E-state index contributed by atoms with van der Waals surface area (Å²) < 4.78 is 6.32. The number of amides is 1. The fourth-order valence-electron chi connectivity index (χ4n) is 1.73. The average Bonchev–Trinajstić information content (AvgIpc) is 2.34. The number of halogens is 1. The van der Waals surface area contributed by atoms with Crippen LogP contribution in [0.1, 0.15) is 18.1 Å². The zero-order valence-corrected chi connectivity index (χ0v) is 12.1. The van der Waals surface area contributed by atoms with E-state index in [1.165, 1.54) is 5.56 Å². The zero-order valence-electron chi connectivity index (χ0n) is 10.5. The maximum absolute atomic E-state index is 10.7. The summed E-state index contributed by atoms with van der Waals surface area (Å²) in [7, 11) is 1.67. The molecule has 0 atom stereocenters. The van der Waals surface area contributed by atoms with E-state index in [-0.39, 0.29) is 0 Å². The molecule has 0 aliphatic heterocycles. The highest BCUT2D eigenvalue weighted by atomic mass is 79.9. The summed E-state index contributed by atoms with van der Waals surface area (Å²) in [5.74, 6) is 0.878. The minimum atomic E-state index is 0.737. The van der Waals surface area contributed by atoms with Gasteiger partial charge in [0.15, 0.2) is 0 Å². The maximum atomic E-state index is 10.7. The van der Waals surface area contributed by atoms with Crippen molar-refractivity contribution in [2.24, 2.45) is 0 Å². The molecule has 0 fully saturated rings. The van der Waals surface area contributed by atoms with Crippen LogP contribution in [-0.4, -0.2) is 31.5 Å². The summed E-state index contributed by atoms with van der Waals surface area (Å²) >= 11 is 3.47. The SMILES string of the molecule is CCN(C=O)CCc1cc(Br)cc(OC)c1C. The molecular weight excluding hydrogens is 282 g/mol. The van der Waals surface area contributed by atoms with Gasteiger partial charge < -0.3 is 9.64 Å².